The van der Waals surface area contributed by atoms with Crippen LogP contribution >= 0.6 is 0 Å². The second-order valence-electron chi connectivity index (χ2n) is 5.57. The van der Waals surface area contributed by atoms with Gasteiger partial charge in [-0.1, -0.05) is 12.1 Å². The van der Waals surface area contributed by atoms with Gasteiger partial charge in [0, 0.05) is 39.0 Å². The molecular weight excluding hydrogens is 323 g/mol. The minimum Gasteiger partial charge on any atom is -0.355 e. The number of benzene rings is 1. The van der Waals surface area contributed by atoms with Gasteiger partial charge in [0.2, 0.25) is 0 Å². The molecule has 0 fully saturated rings. The highest BCUT2D eigenvalue weighted by Crippen LogP contribution is 2.14. The average Bonchev–Trinajstić information content (AvgIpc) is 3.02. The highest BCUT2D eigenvalue weighted by molar-refractivity contribution is 6.02. The molecule has 1 amide bonds. The Morgan fingerprint density at radius 2 is 2.00 bits per heavy atom. The van der Waals surface area contributed by atoms with Gasteiger partial charge in [0.25, 0.3) is 5.91 Å². The van der Waals surface area contributed by atoms with E-state index in [1.807, 2.05) is 11.9 Å². The first kappa shape index (κ1) is 16.6. The van der Waals surface area contributed by atoms with Crippen molar-refractivity contribution in [1.82, 2.24) is 19.7 Å². The maximum absolute atomic E-state index is 13.0. The van der Waals surface area contributed by atoms with Crippen molar-refractivity contribution in [2.75, 3.05) is 17.3 Å². The summed E-state index contributed by atoms with van der Waals surface area (Å²) >= 11 is 0. The van der Waals surface area contributed by atoms with Crippen LogP contribution < -0.4 is 10.2 Å². The smallest absolute Gasteiger partial charge is 0.275 e. The number of nitrogens with zero attached hydrogens (tertiary/aromatic N) is 5. The number of hydrogen-bond acceptors (Lipinski definition) is 5. The molecule has 0 bridgehead atoms. The fourth-order valence-corrected chi connectivity index (χ4v) is 2.29. The largest absolute Gasteiger partial charge is 0.355 e. The summed E-state index contributed by atoms with van der Waals surface area (Å²) in [6, 6.07) is 9.54. The average molecular weight is 340 g/mol. The van der Waals surface area contributed by atoms with Gasteiger partial charge in [0.05, 0.1) is 0 Å². The highest BCUT2D eigenvalue weighted by atomic mass is 19.1. The third-order valence-corrected chi connectivity index (χ3v) is 3.56. The maximum atomic E-state index is 13.0. The van der Waals surface area contributed by atoms with Crippen LogP contribution in [0, 0.1) is 5.82 Å². The van der Waals surface area contributed by atoms with Crippen molar-refractivity contribution in [3.8, 4) is 0 Å². The summed E-state index contributed by atoms with van der Waals surface area (Å²) in [5.74, 6) is 0.400. The summed E-state index contributed by atoms with van der Waals surface area (Å²) in [7, 11) is 3.61. The van der Waals surface area contributed by atoms with Crippen LogP contribution in [-0.4, -0.2) is 32.7 Å². The Balaban J connectivity index is 1.71. The Kier molecular flexibility index (Phi) is 4.69. The van der Waals surface area contributed by atoms with Gasteiger partial charge in [-0.05, 0) is 17.7 Å². The van der Waals surface area contributed by atoms with Crippen LogP contribution in [0.5, 0.6) is 0 Å². The fraction of sp³-hybridized carbons (Fsp3) is 0.176. The molecule has 0 saturated heterocycles. The van der Waals surface area contributed by atoms with E-state index in [2.05, 4.69) is 20.4 Å². The maximum Gasteiger partial charge on any atom is 0.275 e. The van der Waals surface area contributed by atoms with Gasteiger partial charge >= 0.3 is 0 Å². The number of carbonyl (C=O) groups is 1. The van der Waals surface area contributed by atoms with Crippen molar-refractivity contribution in [1.29, 1.82) is 0 Å². The van der Waals surface area contributed by atoms with E-state index in [-0.39, 0.29) is 17.4 Å². The topological polar surface area (TPSA) is 75.9 Å². The summed E-state index contributed by atoms with van der Waals surface area (Å²) in [5.41, 5.74) is 1.17. The lowest BCUT2D eigenvalue weighted by Crippen LogP contribution is -2.20. The Morgan fingerprint density at radius 3 is 2.68 bits per heavy atom. The van der Waals surface area contributed by atoms with E-state index < -0.39 is 0 Å². The number of anilines is 2. The number of nitrogens with one attached hydrogen (secondary N) is 1. The minimum absolute atomic E-state index is 0.238. The standard InChI is InChI=1S/C17H17FN6O/c1-23(10-12-3-5-13(18)6-4-12)16-9-14(19-11-20-16)17(25)21-15-7-8-24(2)22-15/h3-9,11H,10H2,1-2H3,(H,21,22,25). The molecule has 0 atom stereocenters. The molecule has 25 heavy (non-hydrogen) atoms. The van der Waals surface area contributed by atoms with Crippen molar-refractivity contribution < 1.29 is 9.18 Å². The number of carbonyl (C=O) groups excluding carboxylic acids is 1. The molecule has 2 heterocycles. The van der Waals surface area contributed by atoms with E-state index in [0.29, 0.717) is 18.2 Å². The first-order valence-electron chi connectivity index (χ1n) is 7.60. The number of amides is 1. The molecule has 0 unspecified atom stereocenters. The second kappa shape index (κ2) is 7.08. The Labute approximate surface area is 144 Å². The van der Waals surface area contributed by atoms with Gasteiger partial charge in [0.15, 0.2) is 5.82 Å². The molecule has 0 aliphatic heterocycles. The van der Waals surface area contributed by atoms with E-state index in [1.165, 1.54) is 18.5 Å². The molecule has 3 aromatic rings. The zero-order chi connectivity index (χ0) is 17.8. The van der Waals surface area contributed by atoms with E-state index >= 15 is 0 Å². The van der Waals surface area contributed by atoms with Crippen LogP contribution in [0.4, 0.5) is 16.0 Å². The normalized spacial score (nSPS) is 10.5. The summed E-state index contributed by atoms with van der Waals surface area (Å²) in [6.45, 7) is 0.526. The van der Waals surface area contributed by atoms with Crippen molar-refractivity contribution >= 4 is 17.5 Å². The molecule has 0 radical (unpaired) electrons. The number of aromatic nitrogens is 4. The summed E-state index contributed by atoms with van der Waals surface area (Å²) in [4.78, 5) is 22.3. The third kappa shape index (κ3) is 4.17. The molecule has 7 nitrogen and oxygen atoms in total. The van der Waals surface area contributed by atoms with E-state index in [0.717, 1.165) is 5.56 Å². The third-order valence-electron chi connectivity index (χ3n) is 3.56. The van der Waals surface area contributed by atoms with Gasteiger partial charge in [-0.2, -0.15) is 5.10 Å². The number of aryl methyl sites for hydroxylation is 1. The number of rotatable bonds is 5. The lowest BCUT2D eigenvalue weighted by molar-refractivity contribution is 0.102. The van der Waals surface area contributed by atoms with Crippen LogP contribution in [0.15, 0.2) is 48.9 Å². The molecule has 2 aromatic heterocycles. The molecule has 0 aliphatic rings. The quantitative estimate of drug-likeness (QED) is 0.771. The second-order valence-corrected chi connectivity index (χ2v) is 5.57. The van der Waals surface area contributed by atoms with Crippen molar-refractivity contribution in [3.63, 3.8) is 0 Å². The SMILES string of the molecule is CN(Cc1ccc(F)cc1)c1cc(C(=O)Nc2ccn(C)n2)ncn1. The Morgan fingerprint density at radius 1 is 1.24 bits per heavy atom. The monoisotopic (exact) mass is 340 g/mol. The molecule has 8 heteroatoms. The van der Waals surface area contributed by atoms with Crippen LogP contribution in [0.25, 0.3) is 0 Å². The number of halogens is 1. The van der Waals surface area contributed by atoms with E-state index in [4.69, 9.17) is 0 Å². The first-order chi connectivity index (χ1) is 12.0. The predicted molar refractivity (Wildman–Crippen MR) is 91.7 cm³/mol. The molecule has 3 rings (SSSR count). The first-order valence-corrected chi connectivity index (χ1v) is 7.60. The van der Waals surface area contributed by atoms with Crippen molar-refractivity contribution in [3.05, 3.63) is 66.0 Å². The Bertz CT molecular complexity index is 877. The van der Waals surface area contributed by atoms with Crippen LogP contribution in [0.3, 0.4) is 0 Å². The minimum atomic E-state index is -0.363. The van der Waals surface area contributed by atoms with Gasteiger partial charge < -0.3 is 10.2 Å². The van der Waals surface area contributed by atoms with E-state index in [9.17, 15) is 9.18 Å². The summed E-state index contributed by atoms with van der Waals surface area (Å²) in [5, 5.41) is 6.78. The van der Waals surface area contributed by atoms with Gasteiger partial charge in [0.1, 0.15) is 23.7 Å². The predicted octanol–water partition coefficient (Wildman–Crippen LogP) is 2.24. The zero-order valence-corrected chi connectivity index (χ0v) is 13.8. The van der Waals surface area contributed by atoms with Gasteiger partial charge in [-0.15, -0.1) is 0 Å². The lowest BCUT2D eigenvalue weighted by atomic mass is 10.2. The van der Waals surface area contributed by atoms with Crippen LogP contribution in [0.1, 0.15) is 16.1 Å². The van der Waals surface area contributed by atoms with Crippen LogP contribution in [0.2, 0.25) is 0 Å². The molecule has 0 aliphatic carbocycles. The lowest BCUT2D eigenvalue weighted by Gasteiger charge is -2.18. The molecule has 0 spiro atoms. The molecule has 0 saturated carbocycles. The van der Waals surface area contributed by atoms with Crippen molar-refractivity contribution in [2.45, 2.75) is 6.54 Å². The molecular formula is C17H17FN6O. The van der Waals surface area contributed by atoms with Crippen LogP contribution in [-0.2, 0) is 13.6 Å². The zero-order valence-electron chi connectivity index (χ0n) is 13.8. The molecule has 128 valence electrons. The fourth-order valence-electron chi connectivity index (χ4n) is 2.29. The summed E-state index contributed by atoms with van der Waals surface area (Å²) in [6.07, 6.45) is 3.07. The highest BCUT2D eigenvalue weighted by Gasteiger charge is 2.12. The molecule has 1 N–H and O–H groups in total. The van der Waals surface area contributed by atoms with Gasteiger partial charge in [-0.25, -0.2) is 14.4 Å². The summed E-state index contributed by atoms with van der Waals surface area (Å²) < 4.78 is 14.6. The van der Waals surface area contributed by atoms with E-state index in [1.54, 1.807) is 42.2 Å². The Hall–Kier alpha value is -3.29. The number of hydrogen-bond donors (Lipinski definition) is 1. The van der Waals surface area contributed by atoms with Crippen molar-refractivity contribution in [2.24, 2.45) is 7.05 Å². The molecule has 1 aromatic carbocycles. The van der Waals surface area contributed by atoms with Gasteiger partial charge in [-0.3, -0.25) is 9.48 Å².